The standard InChI is InChI=1S/C8H7BrN2OS/c9-6-2-4-13-7(6)5-11-8(12)1-3-10/h2,4H,1,5H2,(H,11,12). The summed E-state index contributed by atoms with van der Waals surface area (Å²) in [7, 11) is 0. The van der Waals surface area contributed by atoms with Gasteiger partial charge in [-0.05, 0) is 27.4 Å². The lowest BCUT2D eigenvalue weighted by molar-refractivity contribution is -0.120. The van der Waals surface area contributed by atoms with E-state index in [1.165, 1.54) is 0 Å². The highest BCUT2D eigenvalue weighted by atomic mass is 79.9. The molecule has 0 unspecified atom stereocenters. The highest BCUT2D eigenvalue weighted by Crippen LogP contribution is 2.21. The van der Waals surface area contributed by atoms with Gasteiger partial charge in [0, 0.05) is 9.35 Å². The van der Waals surface area contributed by atoms with Crippen molar-refractivity contribution < 1.29 is 4.79 Å². The van der Waals surface area contributed by atoms with Crippen molar-refractivity contribution in [3.05, 3.63) is 20.8 Å². The first-order valence-corrected chi connectivity index (χ1v) is 5.27. The molecule has 0 saturated heterocycles. The molecule has 1 aromatic heterocycles. The zero-order valence-corrected chi connectivity index (χ0v) is 9.11. The third-order valence-electron chi connectivity index (χ3n) is 1.38. The minimum Gasteiger partial charge on any atom is -0.350 e. The van der Waals surface area contributed by atoms with Gasteiger partial charge in [-0.3, -0.25) is 4.79 Å². The molecule has 0 spiro atoms. The van der Waals surface area contributed by atoms with Crippen molar-refractivity contribution in [2.75, 3.05) is 0 Å². The fourth-order valence-electron chi connectivity index (χ4n) is 0.764. The van der Waals surface area contributed by atoms with Gasteiger partial charge in [0.2, 0.25) is 5.91 Å². The van der Waals surface area contributed by atoms with Gasteiger partial charge < -0.3 is 5.32 Å². The Labute approximate surface area is 88.5 Å². The van der Waals surface area contributed by atoms with E-state index in [4.69, 9.17) is 5.26 Å². The third-order valence-corrected chi connectivity index (χ3v) is 3.30. The molecule has 3 nitrogen and oxygen atoms in total. The molecule has 5 heteroatoms. The van der Waals surface area contributed by atoms with Crippen LogP contribution in [-0.2, 0) is 11.3 Å². The number of carbonyl (C=O) groups excluding carboxylic acids is 1. The number of amides is 1. The molecule has 1 rings (SSSR count). The van der Waals surface area contributed by atoms with E-state index in [0.717, 1.165) is 9.35 Å². The molecule has 0 aliphatic carbocycles. The highest BCUT2D eigenvalue weighted by Gasteiger charge is 2.03. The van der Waals surface area contributed by atoms with E-state index in [1.54, 1.807) is 17.4 Å². The summed E-state index contributed by atoms with van der Waals surface area (Å²) in [6.45, 7) is 0.485. The van der Waals surface area contributed by atoms with Crippen molar-refractivity contribution in [2.24, 2.45) is 0 Å². The second kappa shape index (κ2) is 5.00. The number of thiophene rings is 1. The Morgan fingerprint density at radius 3 is 3.08 bits per heavy atom. The summed E-state index contributed by atoms with van der Waals surface area (Å²) >= 11 is 4.91. The van der Waals surface area contributed by atoms with E-state index in [2.05, 4.69) is 21.2 Å². The van der Waals surface area contributed by atoms with Crippen molar-refractivity contribution in [1.82, 2.24) is 5.32 Å². The summed E-state index contributed by atoms with van der Waals surface area (Å²) in [6, 6.07) is 3.72. The number of carbonyl (C=O) groups is 1. The van der Waals surface area contributed by atoms with Gasteiger partial charge in [0.25, 0.3) is 0 Å². The molecule has 0 radical (unpaired) electrons. The fourth-order valence-corrected chi connectivity index (χ4v) is 2.20. The maximum atomic E-state index is 10.9. The molecule has 1 N–H and O–H groups in total. The summed E-state index contributed by atoms with van der Waals surface area (Å²) in [4.78, 5) is 12.0. The van der Waals surface area contributed by atoms with Gasteiger partial charge in [-0.15, -0.1) is 11.3 Å². The fraction of sp³-hybridized carbons (Fsp3) is 0.250. The summed E-state index contributed by atoms with van der Waals surface area (Å²) in [5.74, 6) is -0.234. The largest absolute Gasteiger partial charge is 0.350 e. The van der Waals surface area contributed by atoms with Gasteiger partial charge in [0.05, 0.1) is 12.6 Å². The van der Waals surface area contributed by atoms with Gasteiger partial charge in [0.1, 0.15) is 6.42 Å². The Morgan fingerprint density at radius 1 is 1.77 bits per heavy atom. The lowest BCUT2D eigenvalue weighted by Crippen LogP contribution is -2.21. The smallest absolute Gasteiger partial charge is 0.234 e. The summed E-state index contributed by atoms with van der Waals surface area (Å²) in [5.41, 5.74) is 0. The van der Waals surface area contributed by atoms with E-state index < -0.39 is 0 Å². The molecular weight excluding hydrogens is 252 g/mol. The number of hydrogen-bond donors (Lipinski definition) is 1. The average Bonchev–Trinajstić information content (AvgIpc) is 2.48. The van der Waals surface area contributed by atoms with Gasteiger partial charge >= 0.3 is 0 Å². The van der Waals surface area contributed by atoms with Crippen molar-refractivity contribution in [3.63, 3.8) is 0 Å². The molecule has 0 aromatic carbocycles. The van der Waals surface area contributed by atoms with Crippen LogP contribution in [0.5, 0.6) is 0 Å². The summed E-state index contributed by atoms with van der Waals surface area (Å²) < 4.78 is 0.995. The number of halogens is 1. The summed E-state index contributed by atoms with van der Waals surface area (Å²) in [6.07, 6.45) is -0.0804. The maximum Gasteiger partial charge on any atom is 0.234 e. The van der Waals surface area contributed by atoms with E-state index in [1.807, 2.05) is 11.4 Å². The molecule has 1 aromatic rings. The molecule has 68 valence electrons. The number of rotatable bonds is 3. The predicted octanol–water partition coefficient (Wildman–Crippen LogP) is 2.04. The van der Waals surface area contributed by atoms with Crippen LogP contribution in [0.4, 0.5) is 0 Å². The molecular formula is C8H7BrN2OS. The van der Waals surface area contributed by atoms with Crippen LogP contribution >= 0.6 is 27.3 Å². The van der Waals surface area contributed by atoms with Gasteiger partial charge in [-0.25, -0.2) is 0 Å². The Kier molecular flexibility index (Phi) is 3.93. The lowest BCUT2D eigenvalue weighted by atomic mass is 10.4. The lowest BCUT2D eigenvalue weighted by Gasteiger charge is -2.00. The number of nitrogens with one attached hydrogen (secondary N) is 1. The molecule has 0 fully saturated rings. The first-order valence-electron chi connectivity index (χ1n) is 3.59. The highest BCUT2D eigenvalue weighted by molar-refractivity contribution is 9.10. The monoisotopic (exact) mass is 258 g/mol. The minimum absolute atomic E-state index is 0.0804. The van der Waals surface area contributed by atoms with E-state index in [0.29, 0.717) is 6.54 Å². The van der Waals surface area contributed by atoms with Crippen LogP contribution in [0.15, 0.2) is 15.9 Å². The average molecular weight is 259 g/mol. The van der Waals surface area contributed by atoms with Crippen molar-refractivity contribution in [2.45, 2.75) is 13.0 Å². The molecule has 0 saturated carbocycles. The Morgan fingerprint density at radius 2 is 2.54 bits per heavy atom. The van der Waals surface area contributed by atoms with Gasteiger partial charge in [-0.1, -0.05) is 0 Å². The molecule has 13 heavy (non-hydrogen) atoms. The Bertz CT molecular complexity index is 342. The quantitative estimate of drug-likeness (QED) is 0.903. The number of nitrogens with zero attached hydrogens (tertiary/aromatic N) is 1. The van der Waals surface area contributed by atoms with Crippen LogP contribution < -0.4 is 5.32 Å². The van der Waals surface area contributed by atoms with Crippen molar-refractivity contribution >= 4 is 33.2 Å². The van der Waals surface area contributed by atoms with Crippen molar-refractivity contribution in [1.29, 1.82) is 5.26 Å². The predicted molar refractivity (Wildman–Crippen MR) is 54.1 cm³/mol. The van der Waals surface area contributed by atoms with E-state index in [9.17, 15) is 4.79 Å². The minimum atomic E-state index is -0.234. The molecule has 0 bridgehead atoms. The molecule has 1 heterocycles. The maximum absolute atomic E-state index is 10.9. The first-order chi connectivity index (χ1) is 6.24. The SMILES string of the molecule is N#CCC(=O)NCc1sccc1Br. The van der Waals surface area contributed by atoms with Crippen LogP contribution in [0.3, 0.4) is 0 Å². The molecule has 0 atom stereocenters. The van der Waals surface area contributed by atoms with Gasteiger partial charge in [-0.2, -0.15) is 5.26 Å². The van der Waals surface area contributed by atoms with Crippen LogP contribution in [0, 0.1) is 11.3 Å². The van der Waals surface area contributed by atoms with Crippen LogP contribution in [0.2, 0.25) is 0 Å². The Balaban J connectivity index is 2.40. The normalized spacial score (nSPS) is 9.23. The zero-order chi connectivity index (χ0) is 9.68. The second-order valence-corrected chi connectivity index (χ2v) is 4.16. The van der Waals surface area contributed by atoms with Crippen LogP contribution in [0.25, 0.3) is 0 Å². The second-order valence-electron chi connectivity index (χ2n) is 2.30. The molecule has 0 aliphatic rings. The zero-order valence-electron chi connectivity index (χ0n) is 6.71. The van der Waals surface area contributed by atoms with E-state index >= 15 is 0 Å². The van der Waals surface area contributed by atoms with E-state index in [-0.39, 0.29) is 12.3 Å². The molecule has 0 aliphatic heterocycles. The van der Waals surface area contributed by atoms with Crippen LogP contribution in [0.1, 0.15) is 11.3 Å². The van der Waals surface area contributed by atoms with Gasteiger partial charge in [0.15, 0.2) is 0 Å². The van der Waals surface area contributed by atoms with Crippen LogP contribution in [-0.4, -0.2) is 5.91 Å². The third kappa shape index (κ3) is 3.17. The summed E-state index contributed by atoms with van der Waals surface area (Å²) in [5, 5.41) is 12.8. The topological polar surface area (TPSA) is 52.9 Å². The van der Waals surface area contributed by atoms with Crippen molar-refractivity contribution in [3.8, 4) is 6.07 Å². The first kappa shape index (κ1) is 10.2. The number of hydrogen-bond acceptors (Lipinski definition) is 3. The Hall–Kier alpha value is -0.860. The molecule has 1 amide bonds. The number of nitriles is 1.